The van der Waals surface area contributed by atoms with Crippen LogP contribution >= 0.6 is 0 Å². The highest BCUT2D eigenvalue weighted by Gasteiger charge is 2.22. The maximum atomic E-state index is 11.7. The topological polar surface area (TPSA) is 92.7 Å². The second kappa shape index (κ2) is 7.56. The molecule has 2 unspecified atom stereocenters. The van der Waals surface area contributed by atoms with Crippen LogP contribution in [0.3, 0.4) is 0 Å². The maximum Gasteiger partial charge on any atom is 0.326 e. The van der Waals surface area contributed by atoms with Crippen molar-refractivity contribution in [3.05, 3.63) is 12.2 Å². The lowest BCUT2D eigenvalue weighted by Gasteiger charge is -2.15. The number of aliphatic carboxylic acids is 1. The van der Waals surface area contributed by atoms with Crippen molar-refractivity contribution in [2.75, 3.05) is 7.11 Å². The van der Waals surface area contributed by atoms with Gasteiger partial charge >= 0.3 is 11.9 Å². The number of carboxylic acid groups (broad SMARTS) is 1. The molecule has 1 aliphatic carbocycles. The summed E-state index contributed by atoms with van der Waals surface area (Å²) in [4.78, 5) is 33.7. The van der Waals surface area contributed by atoms with Crippen LogP contribution in [0.1, 0.15) is 32.1 Å². The Morgan fingerprint density at radius 1 is 1.47 bits per heavy atom. The highest BCUT2D eigenvalue weighted by Crippen LogP contribution is 2.20. The molecule has 6 nitrogen and oxygen atoms in total. The fourth-order valence-corrected chi connectivity index (χ4v) is 1.98. The highest BCUT2D eigenvalue weighted by molar-refractivity contribution is 5.84. The second-order valence-electron chi connectivity index (χ2n) is 4.54. The molecule has 0 aromatic carbocycles. The van der Waals surface area contributed by atoms with E-state index in [4.69, 9.17) is 5.11 Å². The zero-order chi connectivity index (χ0) is 14.3. The van der Waals surface area contributed by atoms with Crippen molar-refractivity contribution in [3.63, 3.8) is 0 Å². The first kappa shape index (κ1) is 15.2. The van der Waals surface area contributed by atoms with Gasteiger partial charge in [-0.3, -0.25) is 9.59 Å². The van der Waals surface area contributed by atoms with Crippen LogP contribution in [-0.4, -0.2) is 36.1 Å². The summed E-state index contributed by atoms with van der Waals surface area (Å²) in [6.07, 6.45) is 6.17. The predicted octanol–water partition coefficient (Wildman–Crippen LogP) is 0.865. The van der Waals surface area contributed by atoms with E-state index in [1.54, 1.807) is 0 Å². The van der Waals surface area contributed by atoms with Crippen LogP contribution in [0.4, 0.5) is 0 Å². The number of ether oxygens (including phenoxy) is 1. The summed E-state index contributed by atoms with van der Waals surface area (Å²) in [6.45, 7) is 0. The molecule has 0 heterocycles. The third kappa shape index (κ3) is 5.54. The van der Waals surface area contributed by atoms with Crippen LogP contribution in [-0.2, 0) is 19.1 Å². The first-order valence-electron chi connectivity index (χ1n) is 6.28. The zero-order valence-electron chi connectivity index (χ0n) is 10.9. The van der Waals surface area contributed by atoms with E-state index in [9.17, 15) is 14.4 Å². The van der Waals surface area contributed by atoms with Gasteiger partial charge < -0.3 is 15.2 Å². The molecule has 0 aromatic heterocycles. The number of hydrogen-bond donors (Lipinski definition) is 2. The Bertz CT molecular complexity index is 377. The number of carbonyl (C=O) groups excluding carboxylic acids is 2. The molecule has 0 aliphatic heterocycles. The van der Waals surface area contributed by atoms with E-state index < -0.39 is 18.0 Å². The zero-order valence-corrected chi connectivity index (χ0v) is 10.9. The summed E-state index contributed by atoms with van der Waals surface area (Å²) in [5.41, 5.74) is 0. The quantitative estimate of drug-likeness (QED) is 0.528. The fraction of sp³-hybridized carbons (Fsp3) is 0.615. The molecule has 0 spiro atoms. The number of nitrogens with one attached hydrogen (secondary N) is 1. The summed E-state index contributed by atoms with van der Waals surface area (Å²) in [7, 11) is 1.24. The van der Waals surface area contributed by atoms with Gasteiger partial charge in [0.1, 0.15) is 6.04 Å². The van der Waals surface area contributed by atoms with Gasteiger partial charge in [0.2, 0.25) is 5.91 Å². The summed E-state index contributed by atoms with van der Waals surface area (Å²) in [5, 5.41) is 11.4. The van der Waals surface area contributed by atoms with E-state index in [0.29, 0.717) is 6.42 Å². The Morgan fingerprint density at radius 2 is 2.21 bits per heavy atom. The number of carboxylic acids is 1. The Morgan fingerprint density at radius 3 is 2.74 bits per heavy atom. The molecule has 2 atom stereocenters. The molecule has 6 heteroatoms. The van der Waals surface area contributed by atoms with Gasteiger partial charge in [-0.25, -0.2) is 4.79 Å². The summed E-state index contributed by atoms with van der Waals surface area (Å²) in [5.74, 6) is -1.73. The van der Waals surface area contributed by atoms with Crippen molar-refractivity contribution < 1.29 is 24.2 Å². The molecule has 1 rings (SSSR count). The Kier molecular flexibility index (Phi) is 6.05. The van der Waals surface area contributed by atoms with Crippen LogP contribution in [0, 0.1) is 5.92 Å². The predicted molar refractivity (Wildman–Crippen MR) is 67.3 cm³/mol. The lowest BCUT2D eigenvalue weighted by Crippen LogP contribution is -2.41. The average Bonchev–Trinajstić information content (AvgIpc) is 2.86. The normalized spacial score (nSPS) is 18.9. The SMILES string of the molecule is COC(=O)CCC(NC(=O)CC1C=CCC1)C(=O)O. The standard InChI is InChI=1S/C13H19NO5/c1-19-12(16)7-6-10(13(17)18)14-11(15)8-9-4-2-3-5-9/h2,4,9-10H,3,5-8H2,1H3,(H,14,15)(H,17,18). The number of methoxy groups -OCH3 is 1. The first-order valence-corrected chi connectivity index (χ1v) is 6.28. The van der Waals surface area contributed by atoms with Crippen molar-refractivity contribution in [2.45, 2.75) is 38.1 Å². The van der Waals surface area contributed by atoms with Crippen molar-refractivity contribution in [1.29, 1.82) is 0 Å². The van der Waals surface area contributed by atoms with Gasteiger partial charge in [0, 0.05) is 12.8 Å². The number of rotatable bonds is 7. The van der Waals surface area contributed by atoms with Gasteiger partial charge in [-0.15, -0.1) is 0 Å². The molecule has 1 amide bonds. The van der Waals surface area contributed by atoms with Gasteiger partial charge in [0.25, 0.3) is 0 Å². The van der Waals surface area contributed by atoms with Crippen molar-refractivity contribution in [1.82, 2.24) is 5.32 Å². The Hall–Kier alpha value is -1.85. The van der Waals surface area contributed by atoms with Crippen molar-refractivity contribution in [2.24, 2.45) is 5.92 Å². The van der Waals surface area contributed by atoms with Gasteiger partial charge in [0.05, 0.1) is 7.11 Å². The lowest BCUT2D eigenvalue weighted by molar-refractivity contribution is -0.144. The molecule has 106 valence electrons. The molecule has 0 fully saturated rings. The van der Waals surface area contributed by atoms with Gasteiger partial charge in [-0.2, -0.15) is 0 Å². The summed E-state index contributed by atoms with van der Waals surface area (Å²) < 4.78 is 4.44. The molecular formula is C13H19NO5. The third-order valence-corrected chi connectivity index (χ3v) is 3.06. The maximum absolute atomic E-state index is 11.7. The monoisotopic (exact) mass is 269 g/mol. The van der Waals surface area contributed by atoms with Gasteiger partial charge in [0.15, 0.2) is 0 Å². The smallest absolute Gasteiger partial charge is 0.326 e. The number of allylic oxidation sites excluding steroid dienone is 2. The number of amides is 1. The number of hydrogen-bond acceptors (Lipinski definition) is 4. The van der Waals surface area contributed by atoms with E-state index in [-0.39, 0.29) is 24.7 Å². The first-order chi connectivity index (χ1) is 9.02. The largest absolute Gasteiger partial charge is 0.480 e. The molecule has 2 N–H and O–H groups in total. The molecule has 0 radical (unpaired) electrons. The van der Waals surface area contributed by atoms with Crippen LogP contribution < -0.4 is 5.32 Å². The molecular weight excluding hydrogens is 250 g/mol. The Balaban J connectivity index is 2.39. The van der Waals surface area contributed by atoms with Gasteiger partial charge in [-0.05, 0) is 25.2 Å². The van der Waals surface area contributed by atoms with E-state index in [0.717, 1.165) is 12.8 Å². The molecule has 19 heavy (non-hydrogen) atoms. The van der Waals surface area contributed by atoms with E-state index in [2.05, 4.69) is 10.1 Å². The molecule has 0 saturated carbocycles. The average molecular weight is 269 g/mol. The van der Waals surface area contributed by atoms with Crippen molar-refractivity contribution >= 4 is 17.8 Å². The summed E-state index contributed by atoms with van der Waals surface area (Å²) >= 11 is 0. The van der Waals surface area contributed by atoms with E-state index in [1.165, 1.54) is 7.11 Å². The Labute approximate surface area is 111 Å². The minimum Gasteiger partial charge on any atom is -0.480 e. The third-order valence-electron chi connectivity index (χ3n) is 3.06. The van der Waals surface area contributed by atoms with Crippen molar-refractivity contribution in [3.8, 4) is 0 Å². The molecule has 0 bridgehead atoms. The second-order valence-corrected chi connectivity index (χ2v) is 4.54. The highest BCUT2D eigenvalue weighted by atomic mass is 16.5. The number of esters is 1. The molecule has 0 saturated heterocycles. The lowest BCUT2D eigenvalue weighted by atomic mass is 10.0. The van der Waals surface area contributed by atoms with Gasteiger partial charge in [-0.1, -0.05) is 12.2 Å². The van der Waals surface area contributed by atoms with E-state index >= 15 is 0 Å². The van der Waals surface area contributed by atoms with Crippen LogP contribution in [0.2, 0.25) is 0 Å². The van der Waals surface area contributed by atoms with Crippen LogP contribution in [0.5, 0.6) is 0 Å². The van der Waals surface area contributed by atoms with E-state index in [1.807, 2.05) is 12.2 Å². The minimum atomic E-state index is -1.14. The van der Waals surface area contributed by atoms with Crippen LogP contribution in [0.15, 0.2) is 12.2 Å². The molecule has 1 aliphatic rings. The molecule has 0 aromatic rings. The van der Waals surface area contributed by atoms with Crippen LogP contribution in [0.25, 0.3) is 0 Å². The number of carbonyl (C=O) groups is 3. The summed E-state index contributed by atoms with van der Waals surface area (Å²) in [6, 6.07) is -1.04. The fourth-order valence-electron chi connectivity index (χ4n) is 1.98. The minimum absolute atomic E-state index is 0.0307.